The second-order valence-electron chi connectivity index (χ2n) is 11.1. The smallest absolute Gasteiger partial charge is 0.284 e. The minimum atomic E-state index is -2.81. The van der Waals surface area contributed by atoms with E-state index in [1.165, 1.54) is 16.9 Å². The molecule has 0 bridgehead atoms. The summed E-state index contributed by atoms with van der Waals surface area (Å²) in [5, 5.41) is 21.3. The van der Waals surface area contributed by atoms with Gasteiger partial charge in [0.05, 0.1) is 23.5 Å². The van der Waals surface area contributed by atoms with E-state index in [4.69, 9.17) is 0 Å². The number of carbonyl (C=O) groups is 1. The summed E-state index contributed by atoms with van der Waals surface area (Å²) in [6.07, 6.45) is 6.91. The number of rotatable bonds is 6. The molecular weight excluding hydrogens is 480 g/mol. The quantitative estimate of drug-likeness (QED) is 0.472. The van der Waals surface area contributed by atoms with Gasteiger partial charge in [-0.2, -0.15) is 10.2 Å². The number of anilines is 2. The molecule has 5 rings (SSSR count). The maximum absolute atomic E-state index is 13.9. The summed E-state index contributed by atoms with van der Waals surface area (Å²) in [7, 11) is 0. The van der Waals surface area contributed by atoms with Gasteiger partial charge in [0.1, 0.15) is 11.4 Å². The summed E-state index contributed by atoms with van der Waals surface area (Å²) in [6, 6.07) is 1.86. The summed E-state index contributed by atoms with van der Waals surface area (Å²) in [5.41, 5.74) is -0.575. The van der Waals surface area contributed by atoms with Crippen LogP contribution in [-0.4, -0.2) is 54.1 Å². The van der Waals surface area contributed by atoms with Crippen molar-refractivity contribution in [3.8, 4) is 0 Å². The lowest BCUT2D eigenvalue weighted by molar-refractivity contribution is 0.0350. The molecule has 11 heteroatoms. The number of halogens is 2. The fourth-order valence-electron chi connectivity index (χ4n) is 5.49. The number of aliphatic hydroxyl groups is 1. The monoisotopic (exact) mass is 517 g/mol. The number of nitrogens with one attached hydrogen (secondary N) is 1. The van der Waals surface area contributed by atoms with Gasteiger partial charge in [0, 0.05) is 26.9 Å². The normalized spacial score (nSPS) is 22.2. The Morgan fingerprint density at radius 1 is 1.22 bits per heavy atom. The maximum atomic E-state index is 13.9. The highest BCUT2D eigenvalue weighted by Gasteiger charge is 2.30. The molecular formula is C26H37F2N7O2. The molecule has 1 amide bonds. The van der Waals surface area contributed by atoms with Crippen LogP contribution in [0.1, 0.15) is 89.2 Å². The van der Waals surface area contributed by atoms with E-state index in [-0.39, 0.29) is 18.7 Å². The topological polar surface area (TPSA) is 101 Å². The number of hydrogen-bond acceptors (Lipinski definition) is 6. The van der Waals surface area contributed by atoms with Crippen molar-refractivity contribution in [3.63, 3.8) is 0 Å². The number of alkyl halides is 2. The van der Waals surface area contributed by atoms with E-state index in [9.17, 15) is 18.7 Å². The number of amides is 1. The number of fused-ring (bicyclic) bond motifs is 1. The zero-order chi connectivity index (χ0) is 26.3. The lowest BCUT2D eigenvalue weighted by Crippen LogP contribution is -2.42. The van der Waals surface area contributed by atoms with Crippen LogP contribution in [0.25, 0.3) is 5.65 Å². The number of piperidine rings is 1. The second kappa shape index (κ2) is 10.00. The van der Waals surface area contributed by atoms with Crippen LogP contribution >= 0.6 is 0 Å². The van der Waals surface area contributed by atoms with E-state index < -0.39 is 23.6 Å². The Kier molecular flexibility index (Phi) is 6.91. The summed E-state index contributed by atoms with van der Waals surface area (Å²) < 4.78 is 30.8. The van der Waals surface area contributed by atoms with Crippen molar-refractivity contribution in [1.29, 1.82) is 0 Å². The third kappa shape index (κ3) is 5.32. The van der Waals surface area contributed by atoms with E-state index in [1.54, 1.807) is 10.9 Å². The Balaban J connectivity index is 0.00000336. The largest absolute Gasteiger partial charge is 0.390 e. The zero-order valence-corrected chi connectivity index (χ0v) is 21.6. The average molecular weight is 518 g/mol. The molecule has 1 aliphatic heterocycles. The van der Waals surface area contributed by atoms with Gasteiger partial charge in [0.25, 0.3) is 12.3 Å². The van der Waals surface area contributed by atoms with Gasteiger partial charge in [-0.05, 0) is 63.4 Å². The molecule has 2 N–H and O–H groups in total. The van der Waals surface area contributed by atoms with Crippen LogP contribution in [0.4, 0.5) is 20.3 Å². The van der Waals surface area contributed by atoms with Crippen LogP contribution in [0.5, 0.6) is 0 Å². The number of nitrogens with zero attached hydrogens (tertiary/aromatic N) is 6. The SMILES string of the molecule is CC(C)C1CCC(n2cc(NC(=O)c3cnn4ccc(N5CCC(C)(O)CC5)nc34)c(C(F)F)n2)CC1.[HH]. The molecule has 2 aliphatic rings. The lowest BCUT2D eigenvalue weighted by Gasteiger charge is -2.36. The first-order chi connectivity index (χ1) is 17.6. The molecule has 1 aliphatic carbocycles. The van der Waals surface area contributed by atoms with E-state index in [0.29, 0.717) is 49.2 Å². The van der Waals surface area contributed by atoms with E-state index >= 15 is 0 Å². The molecule has 0 unspecified atom stereocenters. The Morgan fingerprint density at radius 3 is 2.57 bits per heavy atom. The van der Waals surface area contributed by atoms with Gasteiger partial charge in [-0.1, -0.05) is 13.8 Å². The molecule has 3 aromatic heterocycles. The highest BCUT2D eigenvalue weighted by Crippen LogP contribution is 2.37. The second-order valence-corrected chi connectivity index (χ2v) is 11.1. The molecule has 2 fully saturated rings. The van der Waals surface area contributed by atoms with Gasteiger partial charge in [-0.15, -0.1) is 0 Å². The highest BCUT2D eigenvalue weighted by atomic mass is 19.3. The highest BCUT2D eigenvalue weighted by molar-refractivity contribution is 6.08. The first-order valence-electron chi connectivity index (χ1n) is 13.1. The maximum Gasteiger partial charge on any atom is 0.284 e. The van der Waals surface area contributed by atoms with Crippen LogP contribution < -0.4 is 10.2 Å². The Bertz CT molecular complexity index is 1260. The zero-order valence-electron chi connectivity index (χ0n) is 21.6. The van der Waals surface area contributed by atoms with Crippen molar-refractivity contribution in [2.45, 2.75) is 77.4 Å². The Labute approximate surface area is 216 Å². The van der Waals surface area contributed by atoms with Crippen LogP contribution in [0.15, 0.2) is 24.7 Å². The van der Waals surface area contributed by atoms with Gasteiger partial charge >= 0.3 is 0 Å². The summed E-state index contributed by atoms with van der Waals surface area (Å²) in [5.74, 6) is 1.36. The third-order valence-electron chi connectivity index (χ3n) is 8.04. The first kappa shape index (κ1) is 25.6. The van der Waals surface area contributed by atoms with Crippen LogP contribution in [0, 0.1) is 11.8 Å². The summed E-state index contributed by atoms with van der Waals surface area (Å²) in [4.78, 5) is 19.9. The van der Waals surface area contributed by atoms with Gasteiger partial charge in [-0.3, -0.25) is 9.48 Å². The first-order valence-corrected chi connectivity index (χ1v) is 13.1. The predicted octanol–water partition coefficient (Wildman–Crippen LogP) is 5.10. The molecule has 0 radical (unpaired) electrons. The summed E-state index contributed by atoms with van der Waals surface area (Å²) >= 11 is 0. The van der Waals surface area contributed by atoms with Gasteiger partial charge in [-0.25, -0.2) is 18.3 Å². The molecule has 1 saturated carbocycles. The van der Waals surface area contributed by atoms with Crippen LogP contribution in [-0.2, 0) is 0 Å². The fourth-order valence-corrected chi connectivity index (χ4v) is 5.49. The van der Waals surface area contributed by atoms with Crippen molar-refractivity contribution in [1.82, 2.24) is 24.4 Å². The van der Waals surface area contributed by atoms with Crippen LogP contribution in [0.3, 0.4) is 0 Å². The van der Waals surface area contributed by atoms with Crippen LogP contribution in [0.2, 0.25) is 0 Å². The predicted molar refractivity (Wildman–Crippen MR) is 138 cm³/mol. The Morgan fingerprint density at radius 2 is 1.92 bits per heavy atom. The van der Waals surface area contributed by atoms with E-state index in [0.717, 1.165) is 25.7 Å². The van der Waals surface area contributed by atoms with Gasteiger partial charge in [0.2, 0.25) is 0 Å². The van der Waals surface area contributed by atoms with E-state index in [1.807, 2.05) is 13.0 Å². The van der Waals surface area contributed by atoms with Gasteiger partial charge in [0.15, 0.2) is 11.3 Å². The number of hydrogen-bond donors (Lipinski definition) is 2. The molecule has 9 nitrogen and oxygen atoms in total. The standard InChI is InChI=1S/C26H35F2N7O2.H2/c1-16(2)17-4-6-18(7-5-17)35-15-20(22(32-35)23(27)28)30-25(36)19-14-29-34-11-8-21(31-24(19)34)33-12-9-26(3,37)10-13-33;/h8,11,14-18,23,37H,4-7,9-10,12-13H2,1-3H3,(H,30,36);1H. The molecule has 0 atom stereocenters. The van der Waals surface area contributed by atoms with Gasteiger partial charge < -0.3 is 15.3 Å². The minimum Gasteiger partial charge on any atom is -0.390 e. The van der Waals surface area contributed by atoms with Crippen molar-refractivity contribution in [3.05, 3.63) is 35.9 Å². The number of carbonyl (C=O) groups excluding carboxylic acids is 1. The molecule has 0 spiro atoms. The minimum absolute atomic E-state index is 0. The third-order valence-corrected chi connectivity index (χ3v) is 8.04. The lowest BCUT2D eigenvalue weighted by atomic mass is 9.80. The number of aromatic nitrogens is 5. The van der Waals surface area contributed by atoms with Crippen molar-refractivity contribution in [2.24, 2.45) is 11.8 Å². The average Bonchev–Trinajstić information content (AvgIpc) is 3.48. The molecule has 0 aromatic carbocycles. The molecule has 1 saturated heterocycles. The molecule has 37 heavy (non-hydrogen) atoms. The van der Waals surface area contributed by atoms with Crippen molar-refractivity contribution in [2.75, 3.05) is 23.3 Å². The fraction of sp³-hybridized carbons (Fsp3) is 0.615. The van der Waals surface area contributed by atoms with E-state index in [2.05, 4.69) is 39.2 Å². The van der Waals surface area contributed by atoms with Crippen molar-refractivity contribution >= 4 is 23.1 Å². The Hall–Kier alpha value is -3.08. The molecule has 4 heterocycles. The molecule has 202 valence electrons. The molecule has 3 aromatic rings. The summed E-state index contributed by atoms with van der Waals surface area (Å²) in [6.45, 7) is 7.55. The van der Waals surface area contributed by atoms with Crippen molar-refractivity contribution < 1.29 is 20.1 Å².